The Balaban J connectivity index is 3.19. The van der Waals surface area contributed by atoms with E-state index >= 15 is 0 Å². The summed E-state index contributed by atoms with van der Waals surface area (Å²) in [5, 5.41) is 0. The predicted octanol–water partition coefficient (Wildman–Crippen LogP) is 1.39. The zero-order chi connectivity index (χ0) is 9.14. The minimum Gasteiger partial charge on any atom is -0.488 e. The molecule has 0 saturated heterocycles. The van der Waals surface area contributed by atoms with Gasteiger partial charge in [0.05, 0.1) is 12.3 Å². The molecule has 1 aromatic rings. The average Bonchev–Trinajstić information content (AvgIpc) is 1.96. The van der Waals surface area contributed by atoms with Gasteiger partial charge in [0.1, 0.15) is 0 Å². The highest BCUT2D eigenvalue weighted by molar-refractivity contribution is 5.28. The third kappa shape index (κ3) is 1.67. The molecule has 12 heavy (non-hydrogen) atoms. The number of pyridine rings is 1. The van der Waals surface area contributed by atoms with Crippen LogP contribution in [0.5, 0.6) is 5.75 Å². The number of ether oxygens (including phenoxy) is 1. The molecule has 0 atom stereocenters. The Morgan fingerprint density at radius 3 is 2.67 bits per heavy atom. The summed E-state index contributed by atoms with van der Waals surface area (Å²) in [7, 11) is 0. The summed E-state index contributed by atoms with van der Waals surface area (Å²) >= 11 is 0. The predicted molar refractivity (Wildman–Crippen MR) is 47.7 cm³/mol. The largest absolute Gasteiger partial charge is 0.488 e. The van der Waals surface area contributed by atoms with Crippen molar-refractivity contribution < 1.29 is 4.74 Å². The smallest absolute Gasteiger partial charge is 0.223 e. The summed E-state index contributed by atoms with van der Waals surface area (Å²) in [4.78, 5) is 14.3. The van der Waals surface area contributed by atoms with E-state index in [2.05, 4.69) is 4.98 Å². The Morgan fingerprint density at radius 2 is 2.17 bits per heavy atom. The second-order valence-corrected chi connectivity index (χ2v) is 2.70. The standard InChI is InChI=1S/C9H13NO2/c1-4-12-9-7(3)10-6(2)5-8(9)11/h5H,4H2,1-3H3,(H,10,11). The highest BCUT2D eigenvalue weighted by atomic mass is 16.5. The van der Waals surface area contributed by atoms with E-state index in [4.69, 9.17) is 4.74 Å². The molecule has 1 heterocycles. The van der Waals surface area contributed by atoms with Gasteiger partial charge in [-0.25, -0.2) is 0 Å². The van der Waals surface area contributed by atoms with Crippen molar-refractivity contribution in [2.45, 2.75) is 20.8 Å². The molecule has 3 nitrogen and oxygen atoms in total. The number of rotatable bonds is 2. The van der Waals surface area contributed by atoms with Gasteiger partial charge in [-0.1, -0.05) is 0 Å². The van der Waals surface area contributed by atoms with E-state index in [1.54, 1.807) is 0 Å². The maximum Gasteiger partial charge on any atom is 0.223 e. The monoisotopic (exact) mass is 167 g/mol. The molecule has 0 radical (unpaired) electrons. The molecule has 0 aromatic carbocycles. The van der Waals surface area contributed by atoms with Crippen LogP contribution >= 0.6 is 0 Å². The molecule has 0 aliphatic rings. The highest BCUT2D eigenvalue weighted by Gasteiger charge is 2.03. The van der Waals surface area contributed by atoms with Crippen molar-refractivity contribution >= 4 is 0 Å². The molecule has 1 rings (SSSR count). The Kier molecular flexibility index (Phi) is 2.53. The van der Waals surface area contributed by atoms with Crippen LogP contribution in [0, 0.1) is 13.8 Å². The summed E-state index contributed by atoms with van der Waals surface area (Å²) in [6.07, 6.45) is 0. The quantitative estimate of drug-likeness (QED) is 0.723. The van der Waals surface area contributed by atoms with Gasteiger partial charge in [-0.05, 0) is 20.8 Å². The van der Waals surface area contributed by atoms with Crippen LogP contribution in [-0.2, 0) is 0 Å². The molecular formula is C9H13NO2. The van der Waals surface area contributed by atoms with Crippen molar-refractivity contribution in [2.75, 3.05) is 6.61 Å². The highest BCUT2D eigenvalue weighted by Crippen LogP contribution is 2.08. The van der Waals surface area contributed by atoms with E-state index < -0.39 is 0 Å². The fourth-order valence-corrected chi connectivity index (χ4v) is 1.16. The van der Waals surface area contributed by atoms with Crippen molar-refractivity contribution in [3.05, 3.63) is 27.7 Å². The van der Waals surface area contributed by atoms with E-state index in [-0.39, 0.29) is 5.43 Å². The molecule has 0 unspecified atom stereocenters. The number of H-pyrrole nitrogens is 1. The molecular weight excluding hydrogens is 154 g/mol. The number of nitrogens with one attached hydrogen (secondary N) is 1. The van der Waals surface area contributed by atoms with Gasteiger partial charge in [-0.2, -0.15) is 0 Å². The second kappa shape index (κ2) is 3.43. The van der Waals surface area contributed by atoms with Gasteiger partial charge in [0.15, 0.2) is 5.75 Å². The molecule has 0 amide bonds. The molecule has 0 bridgehead atoms. The Morgan fingerprint density at radius 1 is 1.50 bits per heavy atom. The van der Waals surface area contributed by atoms with Crippen molar-refractivity contribution in [1.82, 2.24) is 4.98 Å². The van der Waals surface area contributed by atoms with Crippen LogP contribution in [0.25, 0.3) is 0 Å². The first kappa shape index (κ1) is 8.84. The topological polar surface area (TPSA) is 42.1 Å². The third-order valence-electron chi connectivity index (χ3n) is 1.59. The summed E-state index contributed by atoms with van der Waals surface area (Å²) in [5.41, 5.74) is 1.61. The first-order valence-corrected chi connectivity index (χ1v) is 3.98. The molecule has 66 valence electrons. The molecule has 0 aliphatic carbocycles. The van der Waals surface area contributed by atoms with Gasteiger partial charge in [-0.3, -0.25) is 4.79 Å². The molecule has 1 aromatic heterocycles. The van der Waals surface area contributed by atoms with Gasteiger partial charge in [0.2, 0.25) is 5.43 Å². The van der Waals surface area contributed by atoms with Crippen LogP contribution in [0.3, 0.4) is 0 Å². The van der Waals surface area contributed by atoms with E-state index in [1.165, 1.54) is 6.07 Å². The average molecular weight is 167 g/mol. The van der Waals surface area contributed by atoms with Crippen LogP contribution in [0.15, 0.2) is 10.9 Å². The fraction of sp³-hybridized carbons (Fsp3) is 0.444. The third-order valence-corrected chi connectivity index (χ3v) is 1.59. The Bertz CT molecular complexity index is 328. The maximum atomic E-state index is 11.3. The fourth-order valence-electron chi connectivity index (χ4n) is 1.16. The first-order chi connectivity index (χ1) is 5.65. The molecule has 0 spiro atoms. The SMILES string of the molecule is CCOc1c(C)[nH]c(C)cc1=O. The number of aromatic amines is 1. The minimum absolute atomic E-state index is 0.0504. The lowest BCUT2D eigenvalue weighted by molar-refractivity contribution is 0.333. The van der Waals surface area contributed by atoms with Crippen LogP contribution in [0.1, 0.15) is 18.3 Å². The van der Waals surface area contributed by atoms with Gasteiger partial charge < -0.3 is 9.72 Å². The van der Waals surface area contributed by atoms with E-state index in [9.17, 15) is 4.79 Å². The Hall–Kier alpha value is -1.25. The minimum atomic E-state index is -0.0504. The normalized spacial score (nSPS) is 9.92. The van der Waals surface area contributed by atoms with Crippen molar-refractivity contribution in [3.8, 4) is 5.75 Å². The summed E-state index contributed by atoms with van der Waals surface area (Å²) in [6.45, 7) is 6.06. The van der Waals surface area contributed by atoms with Gasteiger partial charge in [0, 0.05) is 11.8 Å². The van der Waals surface area contributed by atoms with Crippen LogP contribution in [0.2, 0.25) is 0 Å². The van der Waals surface area contributed by atoms with Crippen molar-refractivity contribution in [3.63, 3.8) is 0 Å². The lowest BCUT2D eigenvalue weighted by atomic mass is 10.3. The van der Waals surface area contributed by atoms with Crippen LogP contribution in [-0.4, -0.2) is 11.6 Å². The summed E-state index contributed by atoms with van der Waals surface area (Å²) in [6, 6.07) is 1.54. The number of hydrogen-bond acceptors (Lipinski definition) is 2. The lowest BCUT2D eigenvalue weighted by Gasteiger charge is -2.05. The molecule has 0 fully saturated rings. The van der Waals surface area contributed by atoms with Crippen molar-refractivity contribution in [2.24, 2.45) is 0 Å². The van der Waals surface area contributed by atoms with Crippen LogP contribution in [0.4, 0.5) is 0 Å². The molecule has 0 saturated carbocycles. The zero-order valence-corrected chi connectivity index (χ0v) is 7.60. The number of aromatic nitrogens is 1. The zero-order valence-electron chi connectivity index (χ0n) is 7.60. The number of aryl methyl sites for hydroxylation is 2. The van der Waals surface area contributed by atoms with E-state index in [0.717, 1.165) is 11.4 Å². The molecule has 0 aliphatic heterocycles. The molecule has 3 heteroatoms. The van der Waals surface area contributed by atoms with Crippen LogP contribution < -0.4 is 10.2 Å². The lowest BCUT2D eigenvalue weighted by Crippen LogP contribution is -2.10. The number of hydrogen-bond donors (Lipinski definition) is 1. The Labute approximate surface area is 71.4 Å². The van der Waals surface area contributed by atoms with Gasteiger partial charge in [-0.15, -0.1) is 0 Å². The summed E-state index contributed by atoms with van der Waals surface area (Å²) < 4.78 is 5.18. The van der Waals surface area contributed by atoms with Gasteiger partial charge in [0.25, 0.3) is 0 Å². The first-order valence-electron chi connectivity index (χ1n) is 3.98. The summed E-state index contributed by atoms with van der Waals surface area (Å²) in [5.74, 6) is 0.433. The maximum absolute atomic E-state index is 11.3. The van der Waals surface area contributed by atoms with Crippen molar-refractivity contribution in [1.29, 1.82) is 0 Å². The van der Waals surface area contributed by atoms with Gasteiger partial charge >= 0.3 is 0 Å². The van der Waals surface area contributed by atoms with E-state index in [0.29, 0.717) is 12.4 Å². The second-order valence-electron chi connectivity index (χ2n) is 2.70. The van der Waals surface area contributed by atoms with E-state index in [1.807, 2.05) is 20.8 Å². The molecule has 1 N–H and O–H groups in total.